The van der Waals surface area contributed by atoms with E-state index in [-0.39, 0.29) is 28.9 Å². The lowest BCUT2D eigenvalue weighted by Crippen LogP contribution is -3.12. The van der Waals surface area contributed by atoms with Gasteiger partial charge in [0.25, 0.3) is 0 Å². The Morgan fingerprint density at radius 2 is 1.28 bits per heavy atom. The minimum atomic E-state index is -0.153. The molecule has 0 N–H and O–H groups in total. The average molecular weight is 248 g/mol. The SMILES string of the molecule is COC(=O)C12C3C4C1C1C2C3C41C(=O)OC(C)C. The molecule has 0 bridgehead atoms. The third-order valence-electron chi connectivity index (χ3n) is 6.87. The Bertz CT molecular complexity index is 466. The van der Waals surface area contributed by atoms with Crippen molar-refractivity contribution in [1.82, 2.24) is 0 Å². The van der Waals surface area contributed by atoms with Crippen molar-refractivity contribution in [3.8, 4) is 0 Å². The van der Waals surface area contributed by atoms with E-state index in [0.717, 1.165) is 0 Å². The molecular weight excluding hydrogens is 232 g/mol. The maximum Gasteiger partial charge on any atom is 0.313 e. The molecule has 6 aliphatic carbocycles. The van der Waals surface area contributed by atoms with Crippen molar-refractivity contribution in [3.05, 3.63) is 0 Å². The summed E-state index contributed by atoms with van der Waals surface area (Å²) in [6, 6.07) is 0. The summed E-state index contributed by atoms with van der Waals surface area (Å²) in [4.78, 5) is 24.2. The lowest BCUT2D eigenvalue weighted by Gasteiger charge is -3.08. The third-order valence-corrected chi connectivity index (χ3v) is 6.87. The molecule has 0 radical (unpaired) electrons. The van der Waals surface area contributed by atoms with E-state index in [1.165, 1.54) is 7.11 Å². The molecule has 0 amide bonds. The Morgan fingerprint density at radius 3 is 1.61 bits per heavy atom. The van der Waals surface area contributed by atoms with Crippen LogP contribution in [0.4, 0.5) is 0 Å². The van der Waals surface area contributed by atoms with E-state index in [1.807, 2.05) is 13.8 Å². The first-order valence-corrected chi connectivity index (χ1v) is 6.85. The van der Waals surface area contributed by atoms with E-state index >= 15 is 0 Å². The summed E-state index contributed by atoms with van der Waals surface area (Å²) in [5.41, 5.74) is -0.297. The molecule has 0 aliphatic heterocycles. The number of carbonyl (C=O) groups excluding carboxylic acids is 2. The monoisotopic (exact) mass is 248 g/mol. The Kier molecular flexibility index (Phi) is 1.22. The van der Waals surface area contributed by atoms with E-state index in [2.05, 4.69) is 0 Å². The van der Waals surface area contributed by atoms with Gasteiger partial charge in [-0.3, -0.25) is 9.59 Å². The van der Waals surface area contributed by atoms with E-state index in [0.29, 0.717) is 35.5 Å². The van der Waals surface area contributed by atoms with Crippen molar-refractivity contribution in [2.45, 2.75) is 20.0 Å². The maximum atomic E-state index is 12.2. The lowest BCUT2D eigenvalue weighted by molar-refractivity contribution is -0.628. The van der Waals surface area contributed by atoms with Crippen LogP contribution in [0.1, 0.15) is 13.8 Å². The van der Waals surface area contributed by atoms with Crippen LogP contribution in [0.2, 0.25) is 0 Å². The summed E-state index contributed by atoms with van der Waals surface area (Å²) < 4.78 is 10.4. The zero-order chi connectivity index (χ0) is 12.6. The standard InChI is InChI=1S/C14H16O4/c1-4(2)18-12(16)14-8-5-9(14)7-10(14)6(8)13(5,7)11(15)17-3/h4-10H,1-3H3. The zero-order valence-electron chi connectivity index (χ0n) is 10.7. The first-order chi connectivity index (χ1) is 8.55. The van der Waals surface area contributed by atoms with Gasteiger partial charge in [0, 0.05) is 0 Å². The molecule has 6 aliphatic rings. The molecule has 4 heteroatoms. The van der Waals surface area contributed by atoms with Crippen molar-refractivity contribution < 1.29 is 19.1 Å². The van der Waals surface area contributed by atoms with E-state index in [9.17, 15) is 9.59 Å². The number of hydrogen-bond donors (Lipinski definition) is 0. The Balaban J connectivity index is 1.44. The highest BCUT2D eigenvalue weighted by atomic mass is 16.5. The summed E-state index contributed by atoms with van der Waals surface area (Å²) >= 11 is 0. The first kappa shape index (κ1) is 9.82. The number of esters is 2. The molecule has 0 aromatic carbocycles. The molecule has 0 aromatic rings. The number of methoxy groups -OCH3 is 1. The third kappa shape index (κ3) is 0.490. The molecular formula is C14H16O4. The number of ether oxygens (including phenoxy) is 2. The minimum absolute atomic E-state index is 0.0133. The van der Waals surface area contributed by atoms with E-state index in [4.69, 9.17) is 9.47 Å². The Labute approximate surface area is 105 Å². The number of carbonyl (C=O) groups is 2. The van der Waals surface area contributed by atoms with Crippen molar-refractivity contribution in [2.24, 2.45) is 46.3 Å². The van der Waals surface area contributed by atoms with Gasteiger partial charge in [-0.1, -0.05) is 0 Å². The van der Waals surface area contributed by atoms with Crippen molar-refractivity contribution in [1.29, 1.82) is 0 Å². The molecule has 18 heavy (non-hydrogen) atoms. The minimum Gasteiger partial charge on any atom is -0.469 e. The average Bonchev–Trinajstić information content (AvgIpc) is 2.36. The second-order valence-corrected chi connectivity index (χ2v) is 6.97. The number of rotatable bonds is 3. The van der Waals surface area contributed by atoms with Gasteiger partial charge in [0.1, 0.15) is 0 Å². The summed E-state index contributed by atoms with van der Waals surface area (Å²) in [6.45, 7) is 3.80. The second kappa shape index (κ2) is 2.23. The first-order valence-electron chi connectivity index (χ1n) is 6.85. The quantitative estimate of drug-likeness (QED) is 0.695. The molecule has 0 spiro atoms. The van der Waals surface area contributed by atoms with E-state index < -0.39 is 0 Å². The van der Waals surface area contributed by atoms with Crippen LogP contribution >= 0.6 is 0 Å². The van der Waals surface area contributed by atoms with Crippen molar-refractivity contribution >= 4 is 11.9 Å². The van der Waals surface area contributed by atoms with Gasteiger partial charge >= 0.3 is 11.9 Å². The van der Waals surface area contributed by atoms with Gasteiger partial charge in [-0.05, 0) is 49.4 Å². The Hall–Kier alpha value is -1.06. The summed E-state index contributed by atoms with van der Waals surface area (Å²) in [7, 11) is 1.48. The molecule has 6 rings (SSSR count). The number of hydrogen-bond acceptors (Lipinski definition) is 4. The van der Waals surface area contributed by atoms with Crippen molar-refractivity contribution in [3.63, 3.8) is 0 Å². The zero-order valence-corrected chi connectivity index (χ0v) is 10.7. The van der Waals surface area contributed by atoms with Crippen molar-refractivity contribution in [2.75, 3.05) is 7.11 Å². The van der Waals surface area contributed by atoms with Gasteiger partial charge in [-0.15, -0.1) is 0 Å². The molecule has 6 saturated carbocycles. The van der Waals surface area contributed by atoms with E-state index in [1.54, 1.807) is 0 Å². The Morgan fingerprint density at radius 1 is 0.889 bits per heavy atom. The fourth-order valence-corrected chi connectivity index (χ4v) is 6.84. The van der Waals surface area contributed by atoms with Gasteiger partial charge in [0.2, 0.25) is 0 Å². The smallest absolute Gasteiger partial charge is 0.313 e. The van der Waals surface area contributed by atoms with Gasteiger partial charge in [-0.25, -0.2) is 0 Å². The fraction of sp³-hybridized carbons (Fsp3) is 0.857. The summed E-state index contributed by atoms with van der Waals surface area (Å²) in [5.74, 6) is 2.68. The lowest BCUT2D eigenvalue weighted by atomic mass is 8.92. The van der Waals surface area contributed by atoms with Gasteiger partial charge in [0.15, 0.2) is 0 Å². The molecule has 0 saturated heterocycles. The molecule has 0 atom stereocenters. The highest BCUT2D eigenvalue weighted by Gasteiger charge is 3.13. The predicted molar refractivity (Wildman–Crippen MR) is 59.1 cm³/mol. The second-order valence-electron chi connectivity index (χ2n) is 6.97. The molecule has 0 unspecified atom stereocenters. The largest absolute Gasteiger partial charge is 0.469 e. The molecule has 6 fully saturated rings. The highest BCUT2D eigenvalue weighted by molar-refractivity contribution is 5.96. The van der Waals surface area contributed by atoms with Crippen LogP contribution in [-0.2, 0) is 19.1 Å². The van der Waals surface area contributed by atoms with Gasteiger partial charge < -0.3 is 9.47 Å². The predicted octanol–water partition coefficient (Wildman–Crippen LogP) is 0.849. The van der Waals surface area contributed by atoms with Crippen LogP contribution in [0, 0.1) is 46.3 Å². The molecule has 0 heterocycles. The topological polar surface area (TPSA) is 52.6 Å². The summed E-state index contributed by atoms with van der Waals surface area (Å²) in [5, 5.41) is 0. The highest BCUT2D eigenvalue weighted by Crippen LogP contribution is 3.10. The van der Waals surface area contributed by atoms with Gasteiger partial charge in [-0.2, -0.15) is 0 Å². The molecule has 96 valence electrons. The summed E-state index contributed by atoms with van der Waals surface area (Å²) in [6.07, 6.45) is -0.0345. The van der Waals surface area contributed by atoms with Crippen LogP contribution in [0.25, 0.3) is 0 Å². The van der Waals surface area contributed by atoms with Gasteiger partial charge in [0.05, 0.1) is 24.0 Å². The van der Waals surface area contributed by atoms with Crippen LogP contribution in [0.3, 0.4) is 0 Å². The van der Waals surface area contributed by atoms with Crippen LogP contribution in [0.5, 0.6) is 0 Å². The molecule has 0 aromatic heterocycles. The normalized spacial score (nSPS) is 62.4. The van der Waals surface area contributed by atoms with Crippen LogP contribution in [0.15, 0.2) is 0 Å². The van der Waals surface area contributed by atoms with Crippen LogP contribution in [-0.4, -0.2) is 25.2 Å². The fourth-order valence-electron chi connectivity index (χ4n) is 6.84. The maximum absolute atomic E-state index is 12.2. The molecule has 4 nitrogen and oxygen atoms in total. The van der Waals surface area contributed by atoms with Crippen LogP contribution < -0.4 is 0 Å².